The van der Waals surface area contributed by atoms with Crippen LogP contribution < -0.4 is 5.73 Å². The molecule has 0 fully saturated rings. The Morgan fingerprint density at radius 2 is 2.06 bits per heavy atom. The lowest BCUT2D eigenvalue weighted by atomic mass is 10.2. The molecule has 0 spiro atoms. The van der Waals surface area contributed by atoms with E-state index >= 15 is 0 Å². The first-order valence-corrected chi connectivity index (χ1v) is 5.85. The Morgan fingerprint density at radius 3 is 2.56 bits per heavy atom. The average molecular weight is 331 g/mol. The summed E-state index contributed by atoms with van der Waals surface area (Å²) in [6, 6.07) is 4.56. The number of benzene rings is 1. The number of nitrogens with two attached hydrogens (primary N) is 1. The monoisotopic (exact) mass is 331 g/mol. The number of aromatic nitrogens is 2. The van der Waals surface area contributed by atoms with E-state index in [1.165, 1.54) is 12.1 Å². The van der Waals surface area contributed by atoms with Crippen LogP contribution in [0.3, 0.4) is 0 Å². The van der Waals surface area contributed by atoms with Crippen molar-refractivity contribution in [2.24, 2.45) is 0 Å². The van der Waals surface area contributed by atoms with Crippen molar-refractivity contribution in [2.45, 2.75) is 13.8 Å². The Hall–Kier alpha value is -1.11. The highest BCUT2D eigenvalue weighted by atomic mass is 127. The molecule has 0 aliphatic heterocycles. The van der Waals surface area contributed by atoms with Gasteiger partial charge < -0.3 is 5.73 Å². The van der Waals surface area contributed by atoms with Crippen molar-refractivity contribution in [1.29, 1.82) is 0 Å². The fraction of sp³-hybridized carbons (Fsp3) is 0.182. The molecule has 0 saturated carbocycles. The maximum atomic E-state index is 13.0. The molecular weight excluding hydrogens is 320 g/mol. The Labute approximate surface area is 107 Å². The largest absolute Gasteiger partial charge is 0.383 e. The lowest BCUT2D eigenvalue weighted by molar-refractivity contribution is 0.625. The van der Waals surface area contributed by atoms with Gasteiger partial charge in [0, 0.05) is 0 Å². The van der Waals surface area contributed by atoms with Gasteiger partial charge in [-0.05, 0) is 60.2 Å². The van der Waals surface area contributed by atoms with E-state index in [4.69, 9.17) is 5.73 Å². The smallest absolute Gasteiger partial charge is 0.141 e. The molecule has 0 unspecified atom stereocenters. The second-order valence-electron chi connectivity index (χ2n) is 3.63. The molecule has 1 aromatic carbocycles. The van der Waals surface area contributed by atoms with Crippen LogP contribution in [-0.2, 0) is 0 Å². The molecular formula is C11H11FIN3. The van der Waals surface area contributed by atoms with Crippen molar-refractivity contribution in [3.05, 3.63) is 38.8 Å². The lowest BCUT2D eigenvalue weighted by Gasteiger charge is -2.07. The van der Waals surface area contributed by atoms with Gasteiger partial charge >= 0.3 is 0 Å². The molecule has 2 rings (SSSR count). The van der Waals surface area contributed by atoms with Gasteiger partial charge in [0.1, 0.15) is 11.6 Å². The van der Waals surface area contributed by atoms with Gasteiger partial charge in [0.2, 0.25) is 0 Å². The van der Waals surface area contributed by atoms with Gasteiger partial charge in [-0.2, -0.15) is 5.10 Å². The molecule has 1 aromatic heterocycles. The van der Waals surface area contributed by atoms with Gasteiger partial charge in [-0.1, -0.05) is 0 Å². The first-order chi connectivity index (χ1) is 7.50. The lowest BCUT2D eigenvalue weighted by Crippen LogP contribution is -2.04. The van der Waals surface area contributed by atoms with Crippen LogP contribution in [0.2, 0.25) is 0 Å². The summed E-state index contributed by atoms with van der Waals surface area (Å²) in [6.07, 6.45) is 0. The van der Waals surface area contributed by atoms with Crippen molar-refractivity contribution in [1.82, 2.24) is 9.78 Å². The van der Waals surface area contributed by atoms with E-state index in [0.29, 0.717) is 5.82 Å². The summed E-state index contributed by atoms with van der Waals surface area (Å²) in [7, 11) is 0. The summed E-state index contributed by atoms with van der Waals surface area (Å²) in [5.74, 6) is 0.339. The van der Waals surface area contributed by atoms with E-state index in [9.17, 15) is 4.39 Å². The summed E-state index contributed by atoms with van der Waals surface area (Å²) in [6.45, 7) is 3.73. The Balaban J connectivity index is 2.63. The predicted octanol–water partition coefficient (Wildman–Crippen LogP) is 2.82. The minimum absolute atomic E-state index is 0.251. The number of anilines is 1. The third-order valence-corrected chi connectivity index (χ3v) is 3.74. The molecule has 0 aliphatic rings. The van der Waals surface area contributed by atoms with E-state index < -0.39 is 0 Å². The standard InChI is InChI=1S/C11H11FIN3/c1-6-5-8(12)3-4-9(6)16-11(14)10(13)7(2)15-16/h3-5H,14H2,1-2H3. The SMILES string of the molecule is Cc1cc(F)ccc1-n1nc(C)c(I)c1N. The van der Waals surface area contributed by atoms with Crippen LogP contribution in [0.15, 0.2) is 18.2 Å². The number of nitrogens with zero attached hydrogens (tertiary/aromatic N) is 2. The molecule has 2 N–H and O–H groups in total. The van der Waals surface area contributed by atoms with Gasteiger partial charge in [-0.3, -0.25) is 0 Å². The number of rotatable bonds is 1. The average Bonchev–Trinajstić information content (AvgIpc) is 2.46. The molecule has 0 radical (unpaired) electrons. The molecule has 3 nitrogen and oxygen atoms in total. The normalized spacial score (nSPS) is 10.8. The van der Waals surface area contributed by atoms with Gasteiger partial charge in [0.25, 0.3) is 0 Å². The topological polar surface area (TPSA) is 43.8 Å². The third-order valence-electron chi connectivity index (χ3n) is 2.41. The van der Waals surface area contributed by atoms with Crippen molar-refractivity contribution < 1.29 is 4.39 Å². The fourth-order valence-electron chi connectivity index (χ4n) is 1.57. The molecule has 2 aromatic rings. The zero-order chi connectivity index (χ0) is 11.9. The van der Waals surface area contributed by atoms with Gasteiger partial charge in [0.05, 0.1) is 15.0 Å². The highest BCUT2D eigenvalue weighted by Crippen LogP contribution is 2.24. The van der Waals surface area contributed by atoms with Crippen LogP contribution >= 0.6 is 22.6 Å². The van der Waals surface area contributed by atoms with Crippen LogP contribution in [0, 0.1) is 23.2 Å². The minimum Gasteiger partial charge on any atom is -0.383 e. The molecule has 5 heteroatoms. The first kappa shape index (κ1) is 11.4. The summed E-state index contributed by atoms with van der Waals surface area (Å²) < 4.78 is 15.6. The van der Waals surface area contributed by atoms with E-state index in [1.54, 1.807) is 10.7 Å². The molecule has 0 atom stereocenters. The minimum atomic E-state index is -0.251. The molecule has 16 heavy (non-hydrogen) atoms. The summed E-state index contributed by atoms with van der Waals surface area (Å²) in [4.78, 5) is 0. The highest BCUT2D eigenvalue weighted by Gasteiger charge is 2.12. The fourth-order valence-corrected chi connectivity index (χ4v) is 1.90. The van der Waals surface area contributed by atoms with Gasteiger partial charge in [-0.15, -0.1) is 0 Å². The zero-order valence-corrected chi connectivity index (χ0v) is 11.1. The van der Waals surface area contributed by atoms with E-state index in [1.807, 2.05) is 13.8 Å². The summed E-state index contributed by atoms with van der Waals surface area (Å²) >= 11 is 2.15. The van der Waals surface area contributed by atoms with Crippen LogP contribution in [0.25, 0.3) is 5.69 Å². The first-order valence-electron chi connectivity index (χ1n) is 4.78. The Bertz CT molecular complexity index is 548. The maximum absolute atomic E-state index is 13.0. The van der Waals surface area contributed by atoms with Gasteiger partial charge in [0.15, 0.2) is 0 Å². The third kappa shape index (κ3) is 1.79. The predicted molar refractivity (Wildman–Crippen MR) is 70.1 cm³/mol. The van der Waals surface area contributed by atoms with E-state index in [0.717, 1.165) is 20.5 Å². The second-order valence-corrected chi connectivity index (χ2v) is 4.71. The van der Waals surface area contributed by atoms with Crippen LogP contribution in [0.5, 0.6) is 0 Å². The quantitative estimate of drug-likeness (QED) is 0.817. The summed E-state index contributed by atoms with van der Waals surface area (Å²) in [5, 5.41) is 4.33. The number of aryl methyl sites for hydroxylation is 2. The summed E-state index contributed by atoms with van der Waals surface area (Å²) in [5.41, 5.74) is 8.44. The zero-order valence-electron chi connectivity index (χ0n) is 8.96. The van der Waals surface area contributed by atoms with Crippen LogP contribution in [0.4, 0.5) is 10.2 Å². The van der Waals surface area contributed by atoms with E-state index in [-0.39, 0.29) is 5.82 Å². The van der Waals surface area contributed by atoms with Crippen molar-refractivity contribution >= 4 is 28.4 Å². The molecule has 0 aliphatic carbocycles. The van der Waals surface area contributed by atoms with Gasteiger partial charge in [-0.25, -0.2) is 9.07 Å². The number of hydrogen-bond donors (Lipinski definition) is 1. The van der Waals surface area contributed by atoms with Crippen LogP contribution in [-0.4, -0.2) is 9.78 Å². The molecule has 0 saturated heterocycles. The highest BCUT2D eigenvalue weighted by molar-refractivity contribution is 14.1. The molecule has 0 bridgehead atoms. The number of hydrogen-bond acceptors (Lipinski definition) is 2. The molecule has 0 amide bonds. The second kappa shape index (κ2) is 4.04. The molecule has 84 valence electrons. The van der Waals surface area contributed by atoms with Crippen molar-refractivity contribution in [3.63, 3.8) is 0 Å². The molecule has 1 heterocycles. The Morgan fingerprint density at radius 1 is 1.38 bits per heavy atom. The van der Waals surface area contributed by atoms with E-state index in [2.05, 4.69) is 27.7 Å². The van der Waals surface area contributed by atoms with Crippen molar-refractivity contribution in [3.8, 4) is 5.69 Å². The number of halogens is 2. The van der Waals surface area contributed by atoms with Crippen molar-refractivity contribution in [2.75, 3.05) is 5.73 Å². The number of nitrogen functional groups attached to an aromatic ring is 1. The Kier molecular flexibility index (Phi) is 2.88. The van der Waals surface area contributed by atoms with Crippen LogP contribution in [0.1, 0.15) is 11.3 Å². The maximum Gasteiger partial charge on any atom is 0.141 e.